The van der Waals surface area contributed by atoms with E-state index in [0.717, 1.165) is 19.3 Å². The minimum Gasteiger partial charge on any atom is -0.258 e. The van der Waals surface area contributed by atoms with Crippen molar-refractivity contribution in [3.8, 4) is 0 Å². The van der Waals surface area contributed by atoms with Crippen LogP contribution in [0.2, 0.25) is 0 Å². The Morgan fingerprint density at radius 1 is 1.17 bits per heavy atom. The minimum absolute atomic E-state index is 0.561. The Kier molecular flexibility index (Phi) is 3.81. The van der Waals surface area contributed by atoms with Gasteiger partial charge in [-0.1, -0.05) is 24.3 Å². The maximum Gasteiger partial charge on any atom is 0.00999 e. The van der Waals surface area contributed by atoms with Crippen molar-refractivity contribution in [1.29, 1.82) is 0 Å². The number of rotatable bonds is 4. The fraction of sp³-hybridized carbons (Fsp3) is 0.455. The number of unbranched alkanes of at least 4 members (excludes halogenated alkanes) is 1. The molecular weight excluding hydrogens is 146 g/mol. The van der Waals surface area contributed by atoms with Gasteiger partial charge in [-0.25, -0.2) is 0 Å². The average Bonchev–Trinajstić information content (AvgIpc) is 2.09. The molecule has 0 heterocycles. The summed E-state index contributed by atoms with van der Waals surface area (Å²) in [4.78, 5) is 0. The van der Waals surface area contributed by atoms with E-state index in [9.17, 15) is 0 Å². The second kappa shape index (κ2) is 4.94. The molecular formula is C11H16N. The maximum absolute atomic E-state index is 7.02. The highest BCUT2D eigenvalue weighted by Crippen LogP contribution is 2.09. The lowest BCUT2D eigenvalue weighted by molar-refractivity contribution is 0.733. The minimum atomic E-state index is 0.561. The second-order valence-corrected chi connectivity index (χ2v) is 3.13. The summed E-state index contributed by atoms with van der Waals surface area (Å²) in [5.74, 6) is 0. The first-order chi connectivity index (χ1) is 5.84. The molecule has 0 amide bonds. The van der Waals surface area contributed by atoms with Crippen molar-refractivity contribution >= 4 is 0 Å². The van der Waals surface area contributed by atoms with Crippen molar-refractivity contribution in [3.63, 3.8) is 0 Å². The van der Waals surface area contributed by atoms with Gasteiger partial charge in [0.05, 0.1) is 0 Å². The summed E-state index contributed by atoms with van der Waals surface area (Å²) >= 11 is 0. The summed E-state index contributed by atoms with van der Waals surface area (Å²) < 4.78 is 0. The Morgan fingerprint density at radius 2 is 1.92 bits per heavy atom. The van der Waals surface area contributed by atoms with Gasteiger partial charge in [0, 0.05) is 6.54 Å². The highest BCUT2D eigenvalue weighted by molar-refractivity contribution is 5.25. The molecule has 1 nitrogen and oxygen atoms in total. The van der Waals surface area contributed by atoms with Gasteiger partial charge in [0.1, 0.15) is 0 Å². The van der Waals surface area contributed by atoms with Crippen LogP contribution in [0.1, 0.15) is 24.0 Å². The smallest absolute Gasteiger partial charge is 0.00999 e. The van der Waals surface area contributed by atoms with E-state index in [-0.39, 0.29) is 0 Å². The third-order valence-electron chi connectivity index (χ3n) is 2.13. The number of nitrogens with one attached hydrogen (secondary N) is 1. The van der Waals surface area contributed by atoms with E-state index in [1.54, 1.807) is 0 Å². The van der Waals surface area contributed by atoms with E-state index in [2.05, 4.69) is 31.2 Å². The molecule has 0 spiro atoms. The molecule has 0 saturated carbocycles. The summed E-state index contributed by atoms with van der Waals surface area (Å²) in [6.45, 7) is 2.71. The number of hydrogen-bond acceptors (Lipinski definition) is 0. The Morgan fingerprint density at radius 3 is 2.58 bits per heavy atom. The van der Waals surface area contributed by atoms with Crippen LogP contribution in [-0.2, 0) is 6.42 Å². The molecule has 1 rings (SSSR count). The van der Waals surface area contributed by atoms with Crippen LogP contribution < -0.4 is 5.73 Å². The average molecular weight is 162 g/mol. The third kappa shape index (κ3) is 2.67. The molecule has 0 aliphatic heterocycles. The summed E-state index contributed by atoms with van der Waals surface area (Å²) in [5, 5.41) is 0. The van der Waals surface area contributed by atoms with Crippen molar-refractivity contribution in [1.82, 2.24) is 5.73 Å². The number of benzene rings is 1. The van der Waals surface area contributed by atoms with Crippen LogP contribution in [0.3, 0.4) is 0 Å². The molecule has 0 saturated heterocycles. The Balaban J connectivity index is 2.46. The zero-order chi connectivity index (χ0) is 8.81. The Bertz CT molecular complexity index is 230. The lowest BCUT2D eigenvalue weighted by Crippen LogP contribution is -1.91. The van der Waals surface area contributed by atoms with Gasteiger partial charge >= 0.3 is 0 Å². The molecule has 65 valence electrons. The first-order valence-corrected chi connectivity index (χ1v) is 4.53. The summed E-state index contributed by atoms with van der Waals surface area (Å²) in [6.07, 6.45) is 3.30. The molecule has 1 N–H and O–H groups in total. The van der Waals surface area contributed by atoms with Gasteiger partial charge in [0.15, 0.2) is 0 Å². The van der Waals surface area contributed by atoms with E-state index in [1.807, 2.05) is 0 Å². The Labute approximate surface area is 74.6 Å². The lowest BCUT2D eigenvalue weighted by atomic mass is 10.0. The van der Waals surface area contributed by atoms with Gasteiger partial charge in [-0.05, 0) is 37.3 Å². The SMILES string of the molecule is Cc1ccccc1CCCC[NH]. The van der Waals surface area contributed by atoms with Gasteiger partial charge in [-0.2, -0.15) is 0 Å². The molecule has 0 atom stereocenters. The van der Waals surface area contributed by atoms with Crippen molar-refractivity contribution in [3.05, 3.63) is 35.4 Å². The van der Waals surface area contributed by atoms with Gasteiger partial charge in [-0.3, -0.25) is 5.73 Å². The summed E-state index contributed by atoms with van der Waals surface area (Å²) in [5.41, 5.74) is 9.84. The van der Waals surface area contributed by atoms with Crippen molar-refractivity contribution in [2.75, 3.05) is 6.54 Å². The van der Waals surface area contributed by atoms with E-state index in [1.165, 1.54) is 11.1 Å². The number of hydrogen-bond donors (Lipinski definition) is 0. The van der Waals surface area contributed by atoms with Crippen LogP contribution in [-0.4, -0.2) is 6.54 Å². The molecule has 0 bridgehead atoms. The van der Waals surface area contributed by atoms with Gasteiger partial charge < -0.3 is 0 Å². The molecule has 0 fully saturated rings. The van der Waals surface area contributed by atoms with Crippen LogP contribution >= 0.6 is 0 Å². The normalized spacial score (nSPS) is 10.2. The molecule has 1 aromatic carbocycles. The first kappa shape index (κ1) is 9.27. The van der Waals surface area contributed by atoms with Crippen molar-refractivity contribution in [2.45, 2.75) is 26.2 Å². The molecule has 12 heavy (non-hydrogen) atoms. The zero-order valence-electron chi connectivity index (χ0n) is 7.64. The number of aryl methyl sites for hydroxylation is 2. The van der Waals surface area contributed by atoms with E-state index in [0.29, 0.717) is 6.54 Å². The topological polar surface area (TPSA) is 23.8 Å². The second-order valence-electron chi connectivity index (χ2n) is 3.13. The van der Waals surface area contributed by atoms with Crippen molar-refractivity contribution < 1.29 is 0 Å². The molecule has 0 aliphatic rings. The van der Waals surface area contributed by atoms with Crippen LogP contribution in [0.5, 0.6) is 0 Å². The largest absolute Gasteiger partial charge is 0.258 e. The highest BCUT2D eigenvalue weighted by Gasteiger charge is 1.95. The summed E-state index contributed by atoms with van der Waals surface area (Å²) in [6, 6.07) is 8.49. The van der Waals surface area contributed by atoms with E-state index < -0.39 is 0 Å². The van der Waals surface area contributed by atoms with Gasteiger partial charge in [0.25, 0.3) is 0 Å². The molecule has 1 aromatic rings. The standard InChI is InChI=1S/C11H16N/c1-10-6-2-3-7-11(10)8-4-5-9-12/h2-3,6-7,12H,4-5,8-9H2,1H3. The molecule has 1 heteroatoms. The molecule has 0 aromatic heterocycles. The highest BCUT2D eigenvalue weighted by atomic mass is 14.5. The third-order valence-corrected chi connectivity index (χ3v) is 2.13. The van der Waals surface area contributed by atoms with Crippen LogP contribution in [0.15, 0.2) is 24.3 Å². The first-order valence-electron chi connectivity index (χ1n) is 4.53. The van der Waals surface area contributed by atoms with Crippen molar-refractivity contribution in [2.24, 2.45) is 0 Å². The molecule has 1 radical (unpaired) electrons. The molecule has 0 unspecified atom stereocenters. The fourth-order valence-corrected chi connectivity index (χ4v) is 1.33. The van der Waals surface area contributed by atoms with E-state index >= 15 is 0 Å². The monoisotopic (exact) mass is 162 g/mol. The maximum atomic E-state index is 7.02. The molecule has 0 aliphatic carbocycles. The van der Waals surface area contributed by atoms with E-state index in [4.69, 9.17) is 5.73 Å². The van der Waals surface area contributed by atoms with Gasteiger partial charge in [-0.15, -0.1) is 0 Å². The van der Waals surface area contributed by atoms with Crippen LogP contribution in [0, 0.1) is 6.92 Å². The Hall–Kier alpha value is -0.820. The van der Waals surface area contributed by atoms with Gasteiger partial charge in [0.2, 0.25) is 0 Å². The fourth-order valence-electron chi connectivity index (χ4n) is 1.33. The predicted octanol–water partition coefficient (Wildman–Crippen LogP) is 2.60. The lowest BCUT2D eigenvalue weighted by Gasteiger charge is -2.03. The van der Waals surface area contributed by atoms with Crippen LogP contribution in [0.4, 0.5) is 0 Å². The van der Waals surface area contributed by atoms with Crippen LogP contribution in [0.25, 0.3) is 0 Å². The summed E-state index contributed by atoms with van der Waals surface area (Å²) in [7, 11) is 0. The predicted molar refractivity (Wildman–Crippen MR) is 52.1 cm³/mol. The quantitative estimate of drug-likeness (QED) is 0.608. The zero-order valence-corrected chi connectivity index (χ0v) is 7.64.